The first-order valence-electron chi connectivity index (χ1n) is 10.8. The standard InChI is InChI=1S/C8H5ClF3NO.C8H8F3NO.C8H6F3NO.CH4O/c9-4-1-2-6(13)5(3-4)7(14)8(10,11)12;2*9-8(10,11)7(13)5-3-1-2-4-6(5)12;1-2/h1-3H,13H2;1-4,7,13H,12H2;1-4H,12H2;2H,1H3. The molecular formula is C25H23ClF9N3O4. The number of hydrogen-bond acceptors (Lipinski definition) is 7. The van der Waals surface area contributed by atoms with Crippen molar-refractivity contribution in [3.05, 3.63) is 88.4 Å². The van der Waals surface area contributed by atoms with Crippen molar-refractivity contribution < 1.29 is 59.3 Å². The van der Waals surface area contributed by atoms with Gasteiger partial charge in [0.2, 0.25) is 0 Å². The van der Waals surface area contributed by atoms with E-state index in [0.717, 1.165) is 31.4 Å². The molecule has 7 nitrogen and oxygen atoms in total. The van der Waals surface area contributed by atoms with Gasteiger partial charge in [-0.15, -0.1) is 0 Å². The molecule has 0 aliphatic carbocycles. The zero-order chi connectivity index (χ0) is 33.1. The van der Waals surface area contributed by atoms with E-state index in [-0.39, 0.29) is 27.6 Å². The zero-order valence-corrected chi connectivity index (χ0v) is 21.9. The van der Waals surface area contributed by atoms with Gasteiger partial charge in [-0.05, 0) is 36.4 Å². The van der Waals surface area contributed by atoms with Crippen LogP contribution in [0.1, 0.15) is 32.4 Å². The highest BCUT2D eigenvalue weighted by molar-refractivity contribution is 6.31. The van der Waals surface area contributed by atoms with Gasteiger partial charge in [0.05, 0.1) is 11.1 Å². The van der Waals surface area contributed by atoms with E-state index in [1.165, 1.54) is 42.5 Å². The maximum atomic E-state index is 12.0. The number of halogens is 10. The van der Waals surface area contributed by atoms with Crippen LogP contribution in [0, 0.1) is 0 Å². The average molecular weight is 636 g/mol. The summed E-state index contributed by atoms with van der Waals surface area (Å²) in [7, 11) is 1.00. The van der Waals surface area contributed by atoms with Gasteiger partial charge in [-0.3, -0.25) is 9.59 Å². The van der Waals surface area contributed by atoms with Gasteiger partial charge in [-0.2, -0.15) is 39.5 Å². The second-order valence-electron chi connectivity index (χ2n) is 7.55. The maximum Gasteiger partial charge on any atom is 0.454 e. The van der Waals surface area contributed by atoms with Gasteiger partial charge >= 0.3 is 18.5 Å². The van der Waals surface area contributed by atoms with Crippen LogP contribution in [0.25, 0.3) is 0 Å². The molecule has 232 valence electrons. The summed E-state index contributed by atoms with van der Waals surface area (Å²) < 4.78 is 108. The molecule has 0 amide bonds. The Balaban J connectivity index is 0.000000583. The second-order valence-corrected chi connectivity index (χ2v) is 7.98. The first kappa shape index (κ1) is 38.0. The predicted octanol–water partition coefficient (Wildman–Crippen LogP) is 6.15. The second kappa shape index (κ2) is 15.8. The molecule has 0 bridgehead atoms. The van der Waals surface area contributed by atoms with Crippen LogP contribution in [0.15, 0.2) is 66.7 Å². The number of carbonyl (C=O) groups is 2. The van der Waals surface area contributed by atoms with E-state index < -0.39 is 47.3 Å². The fourth-order valence-electron chi connectivity index (χ4n) is 2.67. The third kappa shape index (κ3) is 11.8. The number of Topliss-reactive ketones (excluding diaryl/α,β-unsaturated/α-hetero) is 2. The van der Waals surface area contributed by atoms with E-state index >= 15 is 0 Å². The normalized spacial score (nSPS) is 11.8. The molecule has 0 saturated heterocycles. The number of nitrogens with two attached hydrogens (primary N) is 3. The number of rotatable bonds is 3. The molecule has 8 N–H and O–H groups in total. The lowest BCUT2D eigenvalue weighted by Crippen LogP contribution is -2.23. The van der Waals surface area contributed by atoms with Crippen molar-refractivity contribution in [2.75, 3.05) is 24.3 Å². The highest BCUT2D eigenvalue weighted by Crippen LogP contribution is 2.34. The van der Waals surface area contributed by atoms with Crippen LogP contribution in [-0.4, -0.2) is 47.4 Å². The highest BCUT2D eigenvalue weighted by atomic mass is 35.5. The average Bonchev–Trinajstić information content (AvgIpc) is 2.90. The molecule has 0 spiro atoms. The summed E-state index contributed by atoms with van der Waals surface area (Å²) in [6.45, 7) is 0. The number of nitrogen functional groups attached to an aromatic ring is 3. The fourth-order valence-corrected chi connectivity index (χ4v) is 2.84. The molecular weight excluding hydrogens is 613 g/mol. The molecule has 3 aromatic rings. The summed E-state index contributed by atoms with van der Waals surface area (Å²) in [6.07, 6.45) is -17.0. The van der Waals surface area contributed by atoms with Crippen LogP contribution in [0.4, 0.5) is 56.6 Å². The van der Waals surface area contributed by atoms with Crippen LogP contribution in [0.2, 0.25) is 5.02 Å². The van der Waals surface area contributed by atoms with E-state index in [1.807, 2.05) is 0 Å². The number of anilines is 3. The largest absolute Gasteiger partial charge is 0.454 e. The van der Waals surface area contributed by atoms with Crippen molar-refractivity contribution in [1.29, 1.82) is 0 Å². The summed E-state index contributed by atoms with van der Waals surface area (Å²) in [5.41, 5.74) is 13.8. The Hall–Kier alpha value is -4.02. The van der Waals surface area contributed by atoms with Crippen molar-refractivity contribution in [2.24, 2.45) is 0 Å². The van der Waals surface area contributed by atoms with Gasteiger partial charge in [-0.1, -0.05) is 41.9 Å². The molecule has 1 unspecified atom stereocenters. The lowest BCUT2D eigenvalue weighted by Gasteiger charge is -2.16. The van der Waals surface area contributed by atoms with Gasteiger partial charge in [0.15, 0.2) is 6.10 Å². The Bertz CT molecular complexity index is 1330. The summed E-state index contributed by atoms with van der Waals surface area (Å²) in [5, 5.41) is 15.9. The highest BCUT2D eigenvalue weighted by Gasteiger charge is 2.41. The van der Waals surface area contributed by atoms with Crippen LogP contribution < -0.4 is 17.2 Å². The van der Waals surface area contributed by atoms with Crippen molar-refractivity contribution in [3.63, 3.8) is 0 Å². The van der Waals surface area contributed by atoms with E-state index in [1.54, 1.807) is 0 Å². The third-order valence-corrected chi connectivity index (χ3v) is 4.82. The molecule has 0 heterocycles. The van der Waals surface area contributed by atoms with E-state index in [0.29, 0.717) is 0 Å². The zero-order valence-electron chi connectivity index (χ0n) is 21.2. The van der Waals surface area contributed by atoms with Gasteiger partial charge in [0.25, 0.3) is 11.6 Å². The Morgan fingerprint density at radius 2 is 1.07 bits per heavy atom. The molecule has 1 atom stereocenters. The van der Waals surface area contributed by atoms with Gasteiger partial charge in [0.1, 0.15) is 0 Å². The summed E-state index contributed by atoms with van der Waals surface area (Å²) in [5.74, 6) is -3.90. The molecule has 0 aliphatic rings. The number of benzene rings is 3. The van der Waals surface area contributed by atoms with E-state index in [9.17, 15) is 49.1 Å². The number of aliphatic hydroxyl groups excluding tert-OH is 2. The lowest BCUT2D eigenvalue weighted by molar-refractivity contribution is -0.206. The summed E-state index contributed by atoms with van der Waals surface area (Å²) in [4.78, 5) is 21.5. The van der Waals surface area contributed by atoms with Crippen LogP contribution >= 0.6 is 11.6 Å². The Labute approximate surface area is 237 Å². The molecule has 0 radical (unpaired) electrons. The summed E-state index contributed by atoms with van der Waals surface area (Å²) >= 11 is 5.44. The van der Waals surface area contributed by atoms with Crippen LogP contribution in [0.5, 0.6) is 0 Å². The number of aliphatic hydroxyl groups is 2. The first-order valence-corrected chi connectivity index (χ1v) is 11.2. The quantitative estimate of drug-likeness (QED) is 0.131. The van der Waals surface area contributed by atoms with Gasteiger partial charge < -0.3 is 27.4 Å². The minimum absolute atomic E-state index is 0.0341. The van der Waals surface area contributed by atoms with Gasteiger partial charge in [0, 0.05) is 34.8 Å². The fraction of sp³-hybridized carbons (Fsp3) is 0.200. The number of para-hydroxylation sites is 2. The van der Waals surface area contributed by atoms with Crippen molar-refractivity contribution in [1.82, 2.24) is 0 Å². The van der Waals surface area contributed by atoms with E-state index in [2.05, 4.69) is 0 Å². The smallest absolute Gasteiger partial charge is 0.400 e. The predicted molar refractivity (Wildman–Crippen MR) is 138 cm³/mol. The summed E-state index contributed by atoms with van der Waals surface area (Å²) in [6, 6.07) is 13.8. The number of alkyl halides is 9. The van der Waals surface area contributed by atoms with Crippen LogP contribution in [-0.2, 0) is 0 Å². The van der Waals surface area contributed by atoms with Crippen molar-refractivity contribution in [3.8, 4) is 0 Å². The molecule has 0 fully saturated rings. The number of ketones is 2. The molecule has 17 heteroatoms. The molecule has 0 aromatic heterocycles. The molecule has 0 saturated carbocycles. The monoisotopic (exact) mass is 635 g/mol. The minimum atomic E-state index is -4.93. The SMILES string of the molecule is CO.Nc1ccc(Cl)cc1C(=O)C(F)(F)F.Nc1ccccc1C(=O)C(F)(F)F.Nc1ccccc1C(O)C(F)(F)F. The van der Waals surface area contributed by atoms with Gasteiger partial charge in [-0.25, -0.2) is 0 Å². The Kier molecular flexibility index (Phi) is 14.3. The Morgan fingerprint density at radius 1 is 0.667 bits per heavy atom. The molecule has 3 rings (SSSR count). The number of carbonyl (C=O) groups excluding carboxylic acids is 2. The topological polar surface area (TPSA) is 153 Å². The van der Waals surface area contributed by atoms with Crippen molar-refractivity contribution >= 4 is 40.2 Å². The molecule has 3 aromatic carbocycles. The third-order valence-electron chi connectivity index (χ3n) is 4.58. The van der Waals surface area contributed by atoms with E-state index in [4.69, 9.17) is 39.0 Å². The number of hydrogen-bond donors (Lipinski definition) is 5. The first-order chi connectivity index (χ1) is 19.2. The minimum Gasteiger partial charge on any atom is -0.400 e. The maximum absolute atomic E-state index is 12.0. The molecule has 0 aliphatic heterocycles. The molecule has 42 heavy (non-hydrogen) atoms. The lowest BCUT2D eigenvalue weighted by atomic mass is 10.1. The Morgan fingerprint density at radius 3 is 1.50 bits per heavy atom. The van der Waals surface area contributed by atoms with Crippen molar-refractivity contribution in [2.45, 2.75) is 24.6 Å². The van der Waals surface area contributed by atoms with Crippen LogP contribution in [0.3, 0.4) is 0 Å².